The van der Waals surface area contributed by atoms with Crippen LogP contribution in [0, 0.1) is 11.3 Å². The van der Waals surface area contributed by atoms with E-state index in [0.29, 0.717) is 52.5 Å². The van der Waals surface area contributed by atoms with Crippen LogP contribution in [0.5, 0.6) is 5.75 Å². The van der Waals surface area contributed by atoms with E-state index in [0.717, 1.165) is 13.8 Å². The first kappa shape index (κ1) is 104. The summed E-state index contributed by atoms with van der Waals surface area (Å²) in [7, 11) is 0. The number of guanidine groups is 1. The van der Waals surface area contributed by atoms with E-state index in [1.54, 1.807) is 48.5 Å². The number of nitrogens with one attached hydrogen (secondary N) is 16. The summed E-state index contributed by atoms with van der Waals surface area (Å²) in [6.45, 7) is 4.07. The summed E-state index contributed by atoms with van der Waals surface area (Å²) in [5, 5.41) is 64.7. The number of para-hydroxylation sites is 1. The summed E-state index contributed by atoms with van der Waals surface area (Å²) in [5.41, 5.74) is 35.6. The van der Waals surface area contributed by atoms with Gasteiger partial charge in [0.1, 0.15) is 78.8 Å². The van der Waals surface area contributed by atoms with Crippen LogP contribution in [0.25, 0.3) is 10.9 Å². The van der Waals surface area contributed by atoms with Crippen molar-refractivity contribution in [2.45, 2.75) is 203 Å². The van der Waals surface area contributed by atoms with Crippen LogP contribution in [0.15, 0.2) is 79.0 Å². The lowest BCUT2D eigenvalue weighted by Gasteiger charge is -2.39. The molecular weight excluding hydrogens is 1680 g/mol. The van der Waals surface area contributed by atoms with Gasteiger partial charge in [-0.1, -0.05) is 68.4 Å². The third-order valence-electron chi connectivity index (χ3n) is 19.9. The number of amides is 18. The van der Waals surface area contributed by atoms with Gasteiger partial charge < -0.3 is 134 Å². The minimum atomic E-state index is -1.91. The molecule has 4 aromatic rings. The molecule has 3 aromatic carbocycles. The molecule has 1 aromatic heterocycles. The number of aromatic hydroxyl groups is 1. The first-order valence-electron chi connectivity index (χ1n) is 40.7. The predicted molar refractivity (Wildman–Crippen MR) is 463 cm³/mol. The van der Waals surface area contributed by atoms with E-state index in [9.17, 15) is 91.7 Å². The second-order valence-electron chi connectivity index (χ2n) is 30.4. The van der Waals surface area contributed by atoms with E-state index < -0.39 is 254 Å². The minimum absolute atomic E-state index is 0.0148. The van der Waals surface area contributed by atoms with Gasteiger partial charge in [0.2, 0.25) is 106 Å². The van der Waals surface area contributed by atoms with E-state index in [2.05, 4.69) is 105 Å². The number of phenolic OH excluding ortho intramolecular Hbond substituents is 1. The fourth-order valence-corrected chi connectivity index (χ4v) is 13.8. The number of rotatable bonds is 55. The number of aliphatic hydroxyl groups excluding tert-OH is 1. The van der Waals surface area contributed by atoms with E-state index in [1.807, 2.05) is 0 Å². The Labute approximate surface area is 736 Å². The van der Waals surface area contributed by atoms with Crippen molar-refractivity contribution in [1.82, 2.24) is 84.3 Å². The van der Waals surface area contributed by atoms with Crippen molar-refractivity contribution in [3.63, 3.8) is 0 Å². The first-order valence-corrected chi connectivity index (χ1v) is 41.9. The molecule has 2 heterocycles. The number of fused-ring (bicyclic) bond motifs is 2. The van der Waals surface area contributed by atoms with Crippen molar-refractivity contribution in [2.24, 2.45) is 40.3 Å². The molecule has 13 atom stereocenters. The topological polar surface area (TPSA) is 724 Å². The van der Waals surface area contributed by atoms with E-state index >= 15 is 4.79 Å². The Morgan fingerprint density at radius 3 is 1.63 bits per heavy atom. The van der Waals surface area contributed by atoms with Crippen molar-refractivity contribution < 1.29 is 101 Å². The fourth-order valence-electron chi connectivity index (χ4n) is 13.3. The lowest BCUT2D eigenvalue weighted by atomic mass is 9.90. The molecule has 0 bridgehead atoms. The number of hydrogen-bond donors (Lipinski definition) is 26. The predicted octanol–water partition coefficient (Wildman–Crippen LogP) is -7.22. The molecule has 0 aliphatic carbocycles. The highest BCUT2D eigenvalue weighted by molar-refractivity contribution is 7.80. The number of primary amides is 4. The standard InChI is InChI=1S/C80H117N23O21S2/c1-41(2)67(77(121)98-57(34-63(84)109)70(114)91-36-65(111)88-28-29-124-38-66(112)93-52(69(85)113)16-9-10-26-81)101-72(116)53(17-11-27-89-80(86)87)94-64(110)33-48-31-45-12-5-6-13-46(45)37-103(48)79(123)58(30-44-18-20-49(106)21-19-44)99-76(120)60(40-126)100-71(115)54(22-24-61(82)107)95-74(118)56(32-47-35-90-51-15-8-7-14-50(47)51)97-78(122)68(42(3)104)102-73(117)55(23-25-62(83)108)96-75(119)59(39-125)92-43(4)105/h5-8,12-15,18-21,35,41-42,48,52-60,67-68,90,104,106,125-126H,9-11,16-17,22-34,36-40,81H2,1-4H3,(H2,82,107)(H2,83,108)(H2,84,109)(H2,85,113)(H,88,111)(H,91,114)(H,92,105)(H,93,112)(H,94,110)(H,95,118)(H,96,119)(H,97,122)(H,98,121)(H,99,120)(H,100,115)(H,101,116)(H,102,117)(H4,86,87,89)/t42-,48+,52-,53+,54+,55+,56+,57+,58+,59+,60+,67+,68+/m1/s1. The molecule has 5 rings (SSSR count). The molecule has 30 N–H and O–H groups in total. The van der Waals surface area contributed by atoms with Crippen molar-refractivity contribution in [3.8, 4) is 5.75 Å². The van der Waals surface area contributed by atoms with Gasteiger partial charge in [-0.25, -0.2) is 0 Å². The highest BCUT2D eigenvalue weighted by atomic mass is 32.1. The molecule has 0 fully saturated rings. The third-order valence-corrected chi connectivity index (χ3v) is 20.7. The van der Waals surface area contributed by atoms with Crippen LogP contribution in [0.2, 0.25) is 0 Å². The summed E-state index contributed by atoms with van der Waals surface area (Å²) in [5.74, 6) is -18.7. The number of phenols is 1. The molecule has 1 aliphatic heterocycles. The van der Waals surface area contributed by atoms with Crippen molar-refractivity contribution in [3.05, 3.63) is 101 Å². The summed E-state index contributed by atoms with van der Waals surface area (Å²) in [6.07, 6.45) is -2.81. The summed E-state index contributed by atoms with van der Waals surface area (Å²) < 4.78 is 5.28. The maximum atomic E-state index is 15.6. The van der Waals surface area contributed by atoms with Crippen LogP contribution in [-0.2, 0) is 117 Å². The molecule has 18 amide bonds. The number of aromatic nitrogens is 1. The Balaban J connectivity index is 1.38. The van der Waals surface area contributed by atoms with Gasteiger partial charge in [0, 0.05) is 93.3 Å². The molecule has 44 nitrogen and oxygen atoms in total. The SMILES string of the molecule is CC(=O)N[C@@H](CS)C(=O)N[C@@H](CCC(N)=O)C(=O)N[C@H](C(=O)N[C@@H](Cc1c[nH]c2ccccc12)C(=O)N[C@@H](CCC(N)=O)C(=O)N[C@@H](CS)C(=O)N[C@@H](Cc1ccc(O)cc1)C(=O)N1Cc2ccccc2C[C@H]1CC(=O)N[C@@H](CCCNC(=N)N)C(=O)N[C@H](C(=O)N[C@@H](CC(N)=O)C(=O)NCC(=O)NCCOCC(=O)N[C@H](CCCCN)C(N)=O)C(C)C)[C@@H](C)O. The second-order valence-corrected chi connectivity index (χ2v) is 31.1. The van der Waals surface area contributed by atoms with Gasteiger partial charge in [0.25, 0.3) is 0 Å². The fraction of sp³-hybridized carbons (Fsp3) is 0.512. The highest BCUT2D eigenvalue weighted by Crippen LogP contribution is 2.28. The van der Waals surface area contributed by atoms with Crippen molar-refractivity contribution in [2.75, 3.05) is 50.9 Å². The number of carbonyl (C=O) groups excluding carboxylic acids is 18. The van der Waals surface area contributed by atoms with Crippen LogP contribution in [0.1, 0.15) is 121 Å². The number of H-pyrrole nitrogens is 1. The molecule has 0 saturated heterocycles. The van der Waals surface area contributed by atoms with Gasteiger partial charge in [-0.2, -0.15) is 25.3 Å². The lowest BCUT2D eigenvalue weighted by molar-refractivity contribution is -0.141. The quantitative estimate of drug-likeness (QED) is 0.00845. The number of nitrogens with zero attached hydrogens (tertiary/aromatic N) is 1. The highest BCUT2D eigenvalue weighted by Gasteiger charge is 2.41. The number of aromatic amines is 1. The number of nitrogens with two attached hydrogens (primary N) is 6. The zero-order chi connectivity index (χ0) is 93.4. The summed E-state index contributed by atoms with van der Waals surface area (Å²) in [4.78, 5) is 249. The number of benzene rings is 3. The largest absolute Gasteiger partial charge is 0.508 e. The minimum Gasteiger partial charge on any atom is -0.508 e. The molecule has 690 valence electrons. The Morgan fingerprint density at radius 2 is 1.05 bits per heavy atom. The van der Waals surface area contributed by atoms with Crippen LogP contribution in [-0.4, -0.2) is 262 Å². The van der Waals surface area contributed by atoms with Crippen LogP contribution in [0.3, 0.4) is 0 Å². The lowest BCUT2D eigenvalue weighted by Crippen LogP contribution is -2.62. The Morgan fingerprint density at radius 1 is 0.524 bits per heavy atom. The Kier molecular flexibility index (Phi) is 43.5. The molecule has 0 unspecified atom stereocenters. The maximum Gasteiger partial charge on any atom is 0.246 e. The van der Waals surface area contributed by atoms with Crippen molar-refractivity contribution >= 4 is 148 Å². The average Bonchev–Trinajstić information content (AvgIpc) is 0.872. The molecule has 0 radical (unpaired) electrons. The molecule has 0 saturated carbocycles. The summed E-state index contributed by atoms with van der Waals surface area (Å²) in [6, 6.07) is 1.22. The van der Waals surface area contributed by atoms with Gasteiger partial charge in [0.05, 0.1) is 25.7 Å². The second kappa shape index (κ2) is 52.8. The number of unbranched alkanes of at least 4 members (excludes halogenated alkanes) is 1. The number of carbonyl (C=O) groups is 18. The molecule has 126 heavy (non-hydrogen) atoms. The van der Waals surface area contributed by atoms with Crippen LogP contribution < -0.4 is 109 Å². The van der Waals surface area contributed by atoms with Gasteiger partial charge >= 0.3 is 0 Å². The molecule has 1 aliphatic rings. The zero-order valence-corrected chi connectivity index (χ0v) is 72.1. The van der Waals surface area contributed by atoms with E-state index in [1.165, 1.54) is 49.2 Å². The number of thiol groups is 2. The average molecular weight is 1800 g/mol. The normalized spacial score (nSPS) is 15.1. The van der Waals surface area contributed by atoms with Crippen LogP contribution in [0.4, 0.5) is 0 Å². The van der Waals surface area contributed by atoms with E-state index in [-0.39, 0.29) is 76.3 Å². The monoisotopic (exact) mass is 1800 g/mol. The maximum absolute atomic E-state index is 15.6. The molecule has 0 spiro atoms. The smallest absolute Gasteiger partial charge is 0.246 e. The van der Waals surface area contributed by atoms with Gasteiger partial charge in [-0.15, -0.1) is 0 Å². The molecule has 46 heteroatoms. The van der Waals surface area contributed by atoms with E-state index in [4.69, 9.17) is 44.5 Å². The van der Waals surface area contributed by atoms with Gasteiger partial charge in [-0.3, -0.25) is 91.7 Å². The zero-order valence-electron chi connectivity index (χ0n) is 70.3. The van der Waals surface area contributed by atoms with Crippen LogP contribution >= 0.6 is 25.3 Å². The number of ether oxygens (including phenoxy) is 1. The Bertz CT molecular complexity index is 4500. The summed E-state index contributed by atoms with van der Waals surface area (Å²) >= 11 is 8.50. The molecular formula is C80H117N23O21S2. The van der Waals surface area contributed by atoms with Gasteiger partial charge in [0.15, 0.2) is 5.96 Å². The Hall–Kier alpha value is -12.7. The van der Waals surface area contributed by atoms with Gasteiger partial charge in [-0.05, 0) is 111 Å². The third kappa shape index (κ3) is 35.5. The number of aliphatic hydroxyl groups is 1. The van der Waals surface area contributed by atoms with Crippen molar-refractivity contribution in [1.29, 1.82) is 5.41 Å². The first-order chi connectivity index (χ1) is 59.7. The number of hydrogen-bond acceptors (Lipinski definition) is 25.